The number of hydrogen-bond acceptors (Lipinski definition) is 5. The standard InChI is InChI=1S/C17H22N4O2.ClH/c1-12-10-21(5-4-18-12)11-14-9-19-20-17(14)13-2-3-15-16(8-13)23-7-6-22-15;/h2-3,8-9,12,18H,4-7,10-11H2,1H3,(H,19,20);1H. The van der Waals surface area contributed by atoms with E-state index in [2.05, 4.69) is 33.4 Å². The summed E-state index contributed by atoms with van der Waals surface area (Å²) in [7, 11) is 0. The maximum absolute atomic E-state index is 5.69. The number of aromatic amines is 1. The van der Waals surface area contributed by atoms with E-state index in [0.717, 1.165) is 48.9 Å². The number of benzene rings is 1. The SMILES string of the molecule is CC1CN(Cc2cn[nH]c2-c2ccc3c(c2)OCCO3)CCN1.Cl. The van der Waals surface area contributed by atoms with Crippen LogP contribution in [0.25, 0.3) is 11.3 Å². The van der Waals surface area contributed by atoms with Crippen molar-refractivity contribution in [2.24, 2.45) is 0 Å². The third kappa shape index (κ3) is 3.50. The fourth-order valence-electron chi connectivity index (χ4n) is 3.28. The molecule has 0 aliphatic carbocycles. The van der Waals surface area contributed by atoms with Crippen LogP contribution in [0.4, 0.5) is 0 Å². The first kappa shape index (κ1) is 17.1. The molecule has 130 valence electrons. The molecule has 1 saturated heterocycles. The van der Waals surface area contributed by atoms with Crippen molar-refractivity contribution >= 4 is 12.4 Å². The molecule has 7 heteroatoms. The highest BCUT2D eigenvalue weighted by molar-refractivity contribution is 5.85. The molecular formula is C17H23ClN4O2. The van der Waals surface area contributed by atoms with Gasteiger partial charge in [0.15, 0.2) is 11.5 Å². The van der Waals surface area contributed by atoms with Crippen molar-refractivity contribution < 1.29 is 9.47 Å². The fourth-order valence-corrected chi connectivity index (χ4v) is 3.28. The summed E-state index contributed by atoms with van der Waals surface area (Å²) in [5.41, 5.74) is 3.37. The fraction of sp³-hybridized carbons (Fsp3) is 0.471. The molecule has 0 bridgehead atoms. The Balaban J connectivity index is 0.00000169. The number of ether oxygens (including phenoxy) is 2. The van der Waals surface area contributed by atoms with Crippen molar-refractivity contribution in [2.45, 2.75) is 19.5 Å². The van der Waals surface area contributed by atoms with Gasteiger partial charge in [-0.25, -0.2) is 0 Å². The van der Waals surface area contributed by atoms with E-state index in [1.54, 1.807) is 0 Å². The summed E-state index contributed by atoms with van der Waals surface area (Å²) < 4.78 is 11.3. The van der Waals surface area contributed by atoms with E-state index < -0.39 is 0 Å². The second-order valence-electron chi connectivity index (χ2n) is 6.22. The summed E-state index contributed by atoms with van der Waals surface area (Å²) in [5, 5.41) is 10.9. The molecule has 0 amide bonds. The van der Waals surface area contributed by atoms with Crippen LogP contribution in [0.5, 0.6) is 11.5 Å². The average Bonchev–Trinajstić information content (AvgIpc) is 3.02. The van der Waals surface area contributed by atoms with Gasteiger partial charge in [0.1, 0.15) is 13.2 Å². The zero-order chi connectivity index (χ0) is 15.6. The van der Waals surface area contributed by atoms with E-state index >= 15 is 0 Å². The lowest BCUT2D eigenvalue weighted by molar-refractivity contribution is 0.171. The maximum atomic E-state index is 5.69. The highest BCUT2D eigenvalue weighted by atomic mass is 35.5. The number of rotatable bonds is 3. The van der Waals surface area contributed by atoms with Crippen LogP contribution in [0, 0.1) is 0 Å². The average molecular weight is 351 g/mol. The number of aromatic nitrogens is 2. The van der Waals surface area contributed by atoms with Crippen molar-refractivity contribution in [2.75, 3.05) is 32.8 Å². The number of nitrogens with zero attached hydrogens (tertiary/aromatic N) is 2. The Morgan fingerprint density at radius 3 is 2.92 bits per heavy atom. The second kappa shape index (κ2) is 7.42. The summed E-state index contributed by atoms with van der Waals surface area (Å²) in [4.78, 5) is 2.47. The van der Waals surface area contributed by atoms with Gasteiger partial charge in [0, 0.05) is 43.3 Å². The molecule has 1 atom stereocenters. The summed E-state index contributed by atoms with van der Waals surface area (Å²) >= 11 is 0. The van der Waals surface area contributed by atoms with E-state index in [1.165, 1.54) is 5.56 Å². The summed E-state index contributed by atoms with van der Waals surface area (Å²) in [6.07, 6.45) is 1.93. The molecule has 2 N–H and O–H groups in total. The van der Waals surface area contributed by atoms with E-state index in [1.807, 2.05) is 18.3 Å². The highest BCUT2D eigenvalue weighted by Crippen LogP contribution is 2.35. The number of halogens is 1. The number of H-pyrrole nitrogens is 1. The first-order valence-electron chi connectivity index (χ1n) is 8.17. The molecular weight excluding hydrogens is 328 g/mol. The second-order valence-corrected chi connectivity index (χ2v) is 6.22. The van der Waals surface area contributed by atoms with Gasteiger partial charge in [-0.1, -0.05) is 0 Å². The van der Waals surface area contributed by atoms with Gasteiger partial charge in [0.2, 0.25) is 0 Å². The largest absolute Gasteiger partial charge is 0.486 e. The molecule has 1 unspecified atom stereocenters. The van der Waals surface area contributed by atoms with Crippen LogP contribution in [-0.2, 0) is 6.54 Å². The van der Waals surface area contributed by atoms with E-state index in [9.17, 15) is 0 Å². The van der Waals surface area contributed by atoms with Gasteiger partial charge in [-0.3, -0.25) is 10.00 Å². The smallest absolute Gasteiger partial charge is 0.162 e. The third-order valence-corrected chi connectivity index (χ3v) is 4.40. The number of fused-ring (bicyclic) bond motifs is 1. The lowest BCUT2D eigenvalue weighted by atomic mass is 10.1. The van der Waals surface area contributed by atoms with Crippen LogP contribution in [0.3, 0.4) is 0 Å². The lowest BCUT2D eigenvalue weighted by Gasteiger charge is -2.31. The Hall–Kier alpha value is -1.76. The first-order valence-corrected chi connectivity index (χ1v) is 8.17. The topological polar surface area (TPSA) is 62.4 Å². The van der Waals surface area contributed by atoms with Crippen molar-refractivity contribution in [3.8, 4) is 22.8 Å². The van der Waals surface area contributed by atoms with Crippen LogP contribution < -0.4 is 14.8 Å². The van der Waals surface area contributed by atoms with Crippen molar-refractivity contribution in [1.82, 2.24) is 20.4 Å². The molecule has 3 heterocycles. The van der Waals surface area contributed by atoms with Gasteiger partial charge in [-0.2, -0.15) is 5.10 Å². The molecule has 2 aromatic rings. The van der Waals surface area contributed by atoms with E-state index in [-0.39, 0.29) is 12.4 Å². The quantitative estimate of drug-likeness (QED) is 0.887. The molecule has 1 aromatic carbocycles. The minimum absolute atomic E-state index is 0. The summed E-state index contributed by atoms with van der Waals surface area (Å²) in [6, 6.07) is 6.60. The van der Waals surface area contributed by atoms with Crippen molar-refractivity contribution in [3.63, 3.8) is 0 Å². The Bertz CT molecular complexity index is 691. The van der Waals surface area contributed by atoms with Gasteiger partial charge >= 0.3 is 0 Å². The van der Waals surface area contributed by atoms with E-state index in [0.29, 0.717) is 19.3 Å². The minimum atomic E-state index is 0. The number of hydrogen-bond donors (Lipinski definition) is 2. The number of piperazine rings is 1. The zero-order valence-electron chi connectivity index (χ0n) is 13.7. The van der Waals surface area contributed by atoms with Crippen LogP contribution in [0.1, 0.15) is 12.5 Å². The molecule has 4 rings (SSSR count). The van der Waals surface area contributed by atoms with Crippen LogP contribution in [0.2, 0.25) is 0 Å². The molecule has 1 fully saturated rings. The predicted molar refractivity (Wildman–Crippen MR) is 95.0 cm³/mol. The zero-order valence-corrected chi connectivity index (χ0v) is 14.6. The number of nitrogens with one attached hydrogen (secondary N) is 2. The Morgan fingerprint density at radius 1 is 1.25 bits per heavy atom. The summed E-state index contributed by atoms with van der Waals surface area (Å²) in [5.74, 6) is 1.63. The first-order chi connectivity index (χ1) is 11.3. The summed E-state index contributed by atoms with van der Waals surface area (Å²) in [6.45, 7) is 7.52. The maximum Gasteiger partial charge on any atom is 0.162 e. The van der Waals surface area contributed by atoms with E-state index in [4.69, 9.17) is 9.47 Å². The van der Waals surface area contributed by atoms with Gasteiger partial charge in [0.05, 0.1) is 11.9 Å². The third-order valence-electron chi connectivity index (χ3n) is 4.40. The molecule has 6 nitrogen and oxygen atoms in total. The highest BCUT2D eigenvalue weighted by Gasteiger charge is 2.19. The normalized spacial score (nSPS) is 20.5. The molecule has 0 spiro atoms. The van der Waals surface area contributed by atoms with Crippen LogP contribution >= 0.6 is 12.4 Å². The lowest BCUT2D eigenvalue weighted by Crippen LogP contribution is -2.48. The Morgan fingerprint density at radius 2 is 2.08 bits per heavy atom. The van der Waals surface area contributed by atoms with Gasteiger partial charge in [0.25, 0.3) is 0 Å². The van der Waals surface area contributed by atoms with Crippen molar-refractivity contribution in [1.29, 1.82) is 0 Å². The van der Waals surface area contributed by atoms with Crippen molar-refractivity contribution in [3.05, 3.63) is 30.0 Å². The van der Waals surface area contributed by atoms with Crippen LogP contribution in [0.15, 0.2) is 24.4 Å². The van der Waals surface area contributed by atoms with Crippen LogP contribution in [-0.4, -0.2) is 54.0 Å². The monoisotopic (exact) mass is 350 g/mol. The molecule has 0 saturated carbocycles. The molecule has 0 radical (unpaired) electrons. The predicted octanol–water partition coefficient (Wildman–Crippen LogP) is 2.06. The van der Waals surface area contributed by atoms with Gasteiger partial charge in [-0.15, -0.1) is 12.4 Å². The molecule has 24 heavy (non-hydrogen) atoms. The Labute approximate surface area is 147 Å². The Kier molecular flexibility index (Phi) is 5.28. The molecule has 1 aromatic heterocycles. The van der Waals surface area contributed by atoms with Gasteiger partial charge < -0.3 is 14.8 Å². The molecule has 2 aliphatic heterocycles. The van der Waals surface area contributed by atoms with Gasteiger partial charge in [-0.05, 0) is 25.1 Å². The molecule has 2 aliphatic rings. The minimum Gasteiger partial charge on any atom is -0.486 e.